The summed E-state index contributed by atoms with van der Waals surface area (Å²) in [7, 11) is 0. The van der Waals surface area contributed by atoms with E-state index in [1.807, 2.05) is 24.3 Å². The number of nitriles is 1. The van der Waals surface area contributed by atoms with Crippen LogP contribution in [0.2, 0.25) is 0 Å². The minimum atomic E-state index is -0.151. The van der Waals surface area contributed by atoms with Crippen LogP contribution in [0.4, 0.5) is 0 Å². The molecule has 4 rings (SSSR count). The highest BCUT2D eigenvalue weighted by molar-refractivity contribution is 7.18. The summed E-state index contributed by atoms with van der Waals surface area (Å²) in [6.45, 7) is 7.27. The van der Waals surface area contributed by atoms with Gasteiger partial charge in [-0.15, -0.1) is 11.3 Å². The highest BCUT2D eigenvalue weighted by Gasteiger charge is 2.23. The first-order valence-electron chi connectivity index (χ1n) is 10.8. The van der Waals surface area contributed by atoms with Gasteiger partial charge >= 0.3 is 0 Å². The number of fused-ring (bicyclic) bond motifs is 3. The van der Waals surface area contributed by atoms with Crippen LogP contribution in [0, 0.1) is 23.2 Å². The van der Waals surface area contributed by atoms with Gasteiger partial charge in [0.2, 0.25) is 0 Å². The molecule has 0 saturated carbocycles. The fraction of sp³-hybridized carbons (Fsp3) is 0.400. The lowest BCUT2D eigenvalue weighted by Crippen LogP contribution is -2.14. The minimum Gasteiger partial charge on any atom is -0.494 e. The van der Waals surface area contributed by atoms with Crippen molar-refractivity contribution in [3.05, 3.63) is 56.4 Å². The number of aryl methyl sites for hydroxylation is 1. The number of thiophene rings is 1. The van der Waals surface area contributed by atoms with E-state index >= 15 is 0 Å². The van der Waals surface area contributed by atoms with E-state index in [1.165, 1.54) is 4.88 Å². The zero-order valence-corrected chi connectivity index (χ0v) is 19.0. The summed E-state index contributed by atoms with van der Waals surface area (Å²) in [5.74, 6) is 2.36. The monoisotopic (exact) mass is 433 g/mol. The van der Waals surface area contributed by atoms with Gasteiger partial charge in [0.1, 0.15) is 16.6 Å². The molecule has 0 bridgehead atoms. The van der Waals surface area contributed by atoms with E-state index in [4.69, 9.17) is 4.74 Å². The zero-order chi connectivity index (χ0) is 22.0. The molecule has 31 heavy (non-hydrogen) atoms. The third-order valence-corrected chi connectivity index (χ3v) is 6.84. The molecule has 0 saturated heterocycles. The second kappa shape index (κ2) is 9.07. The number of aromatic amines is 1. The lowest BCUT2D eigenvalue weighted by Gasteiger charge is -2.17. The van der Waals surface area contributed by atoms with Crippen molar-refractivity contribution in [1.82, 2.24) is 9.97 Å². The van der Waals surface area contributed by atoms with Crippen molar-refractivity contribution in [2.24, 2.45) is 11.8 Å². The molecule has 0 radical (unpaired) electrons. The topological polar surface area (TPSA) is 78.8 Å². The summed E-state index contributed by atoms with van der Waals surface area (Å²) < 4.78 is 5.75. The second-order valence-electron chi connectivity index (χ2n) is 8.72. The lowest BCUT2D eigenvalue weighted by atomic mass is 9.89. The summed E-state index contributed by atoms with van der Waals surface area (Å²) >= 11 is 1.59. The Balaban J connectivity index is 1.61. The number of nitrogens with one attached hydrogen (secondary N) is 1. The Morgan fingerprint density at radius 2 is 2.16 bits per heavy atom. The van der Waals surface area contributed by atoms with Crippen molar-refractivity contribution in [1.29, 1.82) is 5.26 Å². The van der Waals surface area contributed by atoms with E-state index in [-0.39, 0.29) is 5.56 Å². The molecule has 2 heterocycles. The fourth-order valence-electron chi connectivity index (χ4n) is 3.87. The molecule has 1 atom stereocenters. The Hall–Kier alpha value is -2.91. The number of hydrogen-bond donors (Lipinski definition) is 1. The number of benzene rings is 1. The molecular weight excluding hydrogens is 406 g/mol. The second-order valence-corrected chi connectivity index (χ2v) is 9.80. The van der Waals surface area contributed by atoms with Crippen LogP contribution >= 0.6 is 11.3 Å². The van der Waals surface area contributed by atoms with Crippen molar-refractivity contribution >= 4 is 33.2 Å². The number of hydrogen-bond acceptors (Lipinski definition) is 5. The van der Waals surface area contributed by atoms with E-state index in [1.54, 1.807) is 17.4 Å². The van der Waals surface area contributed by atoms with E-state index in [9.17, 15) is 10.1 Å². The molecule has 160 valence electrons. The largest absolute Gasteiger partial charge is 0.494 e. The van der Waals surface area contributed by atoms with E-state index in [2.05, 4.69) is 36.8 Å². The van der Waals surface area contributed by atoms with Gasteiger partial charge in [-0.25, -0.2) is 4.98 Å². The van der Waals surface area contributed by atoms with Gasteiger partial charge in [0.15, 0.2) is 5.82 Å². The SMILES string of the molecule is CC(C)CCOc1ccc(C=C(C#N)c2nc3sc4c(c3c(=O)[nH]2)CCC(C)C4)cc1. The highest BCUT2D eigenvalue weighted by atomic mass is 32.1. The minimum absolute atomic E-state index is 0.151. The Morgan fingerprint density at radius 1 is 1.39 bits per heavy atom. The van der Waals surface area contributed by atoms with Crippen LogP contribution in [-0.2, 0) is 12.8 Å². The molecule has 1 aliphatic rings. The Bertz CT molecular complexity index is 1210. The van der Waals surface area contributed by atoms with Crippen LogP contribution in [-0.4, -0.2) is 16.6 Å². The average Bonchev–Trinajstić information content (AvgIpc) is 3.10. The summed E-state index contributed by atoms with van der Waals surface area (Å²) in [6, 6.07) is 9.80. The smallest absolute Gasteiger partial charge is 0.260 e. The van der Waals surface area contributed by atoms with Crippen LogP contribution in [0.15, 0.2) is 29.1 Å². The van der Waals surface area contributed by atoms with Gasteiger partial charge in [0.25, 0.3) is 5.56 Å². The number of aromatic nitrogens is 2. The highest BCUT2D eigenvalue weighted by Crippen LogP contribution is 2.36. The standard InChI is InChI=1S/C25H27N3O2S/c1-15(2)10-11-30-19-7-5-17(6-8-19)13-18(14-26)23-27-24(29)22-20-9-4-16(3)12-21(20)31-25(22)28-23/h5-8,13,15-16H,4,9-12H2,1-3H3,(H,27,28,29). The number of ether oxygens (including phenoxy) is 1. The maximum atomic E-state index is 12.8. The molecular formula is C25H27N3O2S. The molecule has 0 aliphatic heterocycles. The maximum Gasteiger partial charge on any atom is 0.260 e. The molecule has 0 amide bonds. The lowest BCUT2D eigenvalue weighted by molar-refractivity contribution is 0.289. The average molecular weight is 434 g/mol. The predicted octanol–water partition coefficient (Wildman–Crippen LogP) is 5.60. The van der Waals surface area contributed by atoms with E-state index in [0.717, 1.165) is 47.4 Å². The van der Waals surface area contributed by atoms with Gasteiger partial charge in [-0.1, -0.05) is 32.9 Å². The van der Waals surface area contributed by atoms with Gasteiger partial charge in [-0.3, -0.25) is 4.79 Å². The summed E-state index contributed by atoms with van der Waals surface area (Å²) in [4.78, 5) is 22.3. The Kier molecular flexibility index (Phi) is 6.24. The molecule has 1 unspecified atom stereocenters. The maximum absolute atomic E-state index is 12.8. The van der Waals surface area contributed by atoms with Crippen molar-refractivity contribution < 1.29 is 4.74 Å². The van der Waals surface area contributed by atoms with Gasteiger partial charge in [-0.05, 0) is 66.9 Å². The van der Waals surface area contributed by atoms with Crippen LogP contribution in [0.3, 0.4) is 0 Å². The summed E-state index contributed by atoms with van der Waals surface area (Å²) in [6.07, 6.45) is 5.77. The van der Waals surface area contributed by atoms with Gasteiger partial charge in [-0.2, -0.15) is 5.26 Å². The Labute approximate surface area is 186 Å². The van der Waals surface area contributed by atoms with Gasteiger partial charge < -0.3 is 9.72 Å². The summed E-state index contributed by atoms with van der Waals surface area (Å²) in [5, 5.41) is 10.4. The molecule has 0 spiro atoms. The van der Waals surface area contributed by atoms with Crippen molar-refractivity contribution in [3.63, 3.8) is 0 Å². The molecule has 2 aromatic heterocycles. The third kappa shape index (κ3) is 4.72. The first-order valence-corrected chi connectivity index (χ1v) is 11.7. The molecule has 1 aliphatic carbocycles. The van der Waals surface area contributed by atoms with Crippen LogP contribution in [0.25, 0.3) is 21.9 Å². The number of H-pyrrole nitrogens is 1. The summed E-state index contributed by atoms with van der Waals surface area (Å²) in [5.41, 5.74) is 2.19. The van der Waals surface area contributed by atoms with Crippen LogP contribution < -0.4 is 10.3 Å². The van der Waals surface area contributed by atoms with Crippen molar-refractivity contribution in [2.75, 3.05) is 6.61 Å². The number of nitrogens with zero attached hydrogens (tertiary/aromatic N) is 2. The van der Waals surface area contributed by atoms with E-state index in [0.29, 0.717) is 35.2 Å². The fourth-order valence-corrected chi connectivity index (χ4v) is 5.25. The van der Waals surface area contributed by atoms with Gasteiger partial charge in [0, 0.05) is 4.88 Å². The quantitative estimate of drug-likeness (QED) is 0.513. The third-order valence-electron chi connectivity index (χ3n) is 5.70. The predicted molar refractivity (Wildman–Crippen MR) is 126 cm³/mol. The molecule has 0 fully saturated rings. The normalized spacial score (nSPS) is 16.4. The molecule has 1 aromatic carbocycles. The first-order chi connectivity index (χ1) is 14.9. The number of rotatable bonds is 6. The van der Waals surface area contributed by atoms with Crippen molar-refractivity contribution in [2.45, 2.75) is 46.5 Å². The van der Waals surface area contributed by atoms with Crippen LogP contribution in [0.5, 0.6) is 5.75 Å². The Morgan fingerprint density at radius 3 is 2.87 bits per heavy atom. The number of allylic oxidation sites excluding steroid dienone is 1. The first kappa shape index (κ1) is 21.3. The van der Waals surface area contributed by atoms with Gasteiger partial charge in [0.05, 0.1) is 17.6 Å². The molecule has 1 N–H and O–H groups in total. The molecule has 3 aromatic rings. The molecule has 5 nitrogen and oxygen atoms in total. The molecule has 6 heteroatoms. The van der Waals surface area contributed by atoms with E-state index < -0.39 is 0 Å². The zero-order valence-electron chi connectivity index (χ0n) is 18.2. The van der Waals surface area contributed by atoms with Crippen molar-refractivity contribution in [3.8, 4) is 11.8 Å². The van der Waals surface area contributed by atoms with Crippen LogP contribution in [0.1, 0.15) is 55.4 Å².